The Labute approximate surface area is 122 Å². The van der Waals surface area contributed by atoms with Crippen molar-refractivity contribution in [3.05, 3.63) is 35.9 Å². The van der Waals surface area contributed by atoms with Crippen LogP contribution in [0.5, 0.6) is 0 Å². The van der Waals surface area contributed by atoms with Gasteiger partial charge >= 0.3 is 0 Å². The Hall–Kier alpha value is -0.860. The number of benzene rings is 1. The minimum atomic E-state index is 0.612. The Balaban J connectivity index is 2.18. The highest BCUT2D eigenvalue weighted by molar-refractivity contribution is 6.65. The standard InChI is InChI=1S/C16H25ClN2/c1-14(12-16(17)18-2)8-7-11-19(3)13-15-9-5-4-6-10-15/h4-6,9-10,14H,7-8,11-13H2,1-3H3/t14-/m0/s1. The van der Waals surface area contributed by atoms with E-state index in [-0.39, 0.29) is 0 Å². The molecule has 1 atom stereocenters. The van der Waals surface area contributed by atoms with Gasteiger partial charge in [-0.1, -0.05) is 48.9 Å². The average Bonchev–Trinajstić information content (AvgIpc) is 2.39. The van der Waals surface area contributed by atoms with E-state index in [0.29, 0.717) is 5.92 Å². The number of halogens is 1. The van der Waals surface area contributed by atoms with E-state index in [0.717, 1.165) is 24.7 Å². The number of nitrogens with zero attached hydrogens (tertiary/aromatic N) is 2. The van der Waals surface area contributed by atoms with Gasteiger partial charge in [-0.3, -0.25) is 4.99 Å². The molecule has 0 N–H and O–H groups in total. The zero-order valence-corrected chi connectivity index (χ0v) is 13.0. The van der Waals surface area contributed by atoms with Crippen LogP contribution in [0.1, 0.15) is 31.7 Å². The fourth-order valence-electron chi connectivity index (χ4n) is 2.16. The summed E-state index contributed by atoms with van der Waals surface area (Å²) >= 11 is 5.95. The molecule has 0 aliphatic heterocycles. The van der Waals surface area contributed by atoms with E-state index in [2.05, 4.69) is 54.2 Å². The van der Waals surface area contributed by atoms with Crippen LogP contribution in [0.3, 0.4) is 0 Å². The van der Waals surface area contributed by atoms with E-state index in [1.807, 2.05) is 0 Å². The maximum atomic E-state index is 5.95. The van der Waals surface area contributed by atoms with Crippen molar-refractivity contribution in [3.8, 4) is 0 Å². The third-order valence-electron chi connectivity index (χ3n) is 3.29. The molecule has 0 amide bonds. The van der Waals surface area contributed by atoms with Crippen LogP contribution in [0.25, 0.3) is 0 Å². The maximum Gasteiger partial charge on any atom is 0.100 e. The lowest BCUT2D eigenvalue weighted by Gasteiger charge is -2.18. The smallest absolute Gasteiger partial charge is 0.100 e. The largest absolute Gasteiger partial charge is 0.302 e. The minimum Gasteiger partial charge on any atom is -0.302 e. The van der Waals surface area contributed by atoms with Crippen LogP contribution in [0.15, 0.2) is 35.3 Å². The van der Waals surface area contributed by atoms with Crippen LogP contribution in [-0.4, -0.2) is 30.7 Å². The Kier molecular flexibility index (Phi) is 7.76. The monoisotopic (exact) mass is 280 g/mol. The van der Waals surface area contributed by atoms with Crippen LogP contribution < -0.4 is 0 Å². The van der Waals surface area contributed by atoms with Crippen molar-refractivity contribution in [2.75, 3.05) is 20.6 Å². The van der Waals surface area contributed by atoms with Gasteiger partial charge in [-0.25, -0.2) is 0 Å². The highest BCUT2D eigenvalue weighted by atomic mass is 35.5. The van der Waals surface area contributed by atoms with Gasteiger partial charge in [0.05, 0.1) is 0 Å². The molecule has 0 saturated carbocycles. The van der Waals surface area contributed by atoms with E-state index in [9.17, 15) is 0 Å². The van der Waals surface area contributed by atoms with Crippen molar-refractivity contribution < 1.29 is 0 Å². The third-order valence-corrected chi connectivity index (χ3v) is 3.61. The Bertz CT molecular complexity index is 376. The lowest BCUT2D eigenvalue weighted by atomic mass is 10.0. The van der Waals surface area contributed by atoms with Gasteiger partial charge in [-0.15, -0.1) is 0 Å². The van der Waals surface area contributed by atoms with E-state index in [1.54, 1.807) is 7.05 Å². The first kappa shape index (κ1) is 16.2. The molecular formula is C16H25ClN2. The molecule has 0 unspecified atom stereocenters. The molecule has 106 valence electrons. The van der Waals surface area contributed by atoms with Gasteiger partial charge in [-0.2, -0.15) is 0 Å². The molecular weight excluding hydrogens is 256 g/mol. The summed E-state index contributed by atoms with van der Waals surface area (Å²) < 4.78 is 0. The normalized spacial score (nSPS) is 13.8. The van der Waals surface area contributed by atoms with E-state index < -0.39 is 0 Å². The molecule has 1 rings (SSSR count). The third kappa shape index (κ3) is 7.34. The van der Waals surface area contributed by atoms with Crippen molar-refractivity contribution in [2.45, 2.75) is 32.7 Å². The van der Waals surface area contributed by atoms with Gasteiger partial charge in [0.15, 0.2) is 0 Å². The molecule has 2 nitrogen and oxygen atoms in total. The van der Waals surface area contributed by atoms with Crippen molar-refractivity contribution in [3.63, 3.8) is 0 Å². The average molecular weight is 281 g/mol. The van der Waals surface area contributed by atoms with Crippen LogP contribution in [0.4, 0.5) is 0 Å². The molecule has 19 heavy (non-hydrogen) atoms. The van der Waals surface area contributed by atoms with Crippen molar-refractivity contribution in [2.24, 2.45) is 10.9 Å². The molecule has 0 radical (unpaired) electrons. The Morgan fingerprint density at radius 1 is 1.32 bits per heavy atom. The highest BCUT2D eigenvalue weighted by Crippen LogP contribution is 2.13. The fraction of sp³-hybridized carbons (Fsp3) is 0.562. The van der Waals surface area contributed by atoms with Crippen LogP contribution >= 0.6 is 11.6 Å². The van der Waals surface area contributed by atoms with Crippen LogP contribution in [0, 0.1) is 5.92 Å². The highest BCUT2D eigenvalue weighted by Gasteiger charge is 2.06. The first-order chi connectivity index (χ1) is 9.11. The van der Waals surface area contributed by atoms with Gasteiger partial charge in [0.1, 0.15) is 5.17 Å². The Morgan fingerprint density at radius 3 is 2.63 bits per heavy atom. The molecule has 0 aliphatic rings. The zero-order chi connectivity index (χ0) is 14.1. The Morgan fingerprint density at radius 2 is 2.00 bits per heavy atom. The molecule has 0 fully saturated rings. The summed E-state index contributed by atoms with van der Waals surface area (Å²) in [6.45, 7) is 4.39. The molecule has 0 heterocycles. The second kappa shape index (κ2) is 9.11. The zero-order valence-electron chi connectivity index (χ0n) is 12.3. The molecule has 0 aromatic heterocycles. The van der Waals surface area contributed by atoms with E-state index in [4.69, 9.17) is 11.6 Å². The second-order valence-corrected chi connectivity index (χ2v) is 5.71. The maximum absolute atomic E-state index is 5.95. The summed E-state index contributed by atoms with van der Waals surface area (Å²) in [4.78, 5) is 6.37. The first-order valence-corrected chi connectivity index (χ1v) is 7.33. The topological polar surface area (TPSA) is 15.6 Å². The van der Waals surface area contributed by atoms with Crippen LogP contribution in [0.2, 0.25) is 0 Å². The summed E-state index contributed by atoms with van der Waals surface area (Å²) in [5.74, 6) is 0.612. The summed E-state index contributed by atoms with van der Waals surface area (Å²) in [6, 6.07) is 10.6. The summed E-state index contributed by atoms with van der Waals surface area (Å²) in [5, 5.41) is 0.741. The molecule has 0 bridgehead atoms. The molecule has 1 aromatic carbocycles. The molecule has 0 spiro atoms. The first-order valence-electron chi connectivity index (χ1n) is 6.95. The van der Waals surface area contributed by atoms with Crippen LogP contribution in [-0.2, 0) is 6.54 Å². The number of hydrogen-bond acceptors (Lipinski definition) is 2. The number of hydrogen-bond donors (Lipinski definition) is 0. The minimum absolute atomic E-state index is 0.612. The van der Waals surface area contributed by atoms with Crippen molar-refractivity contribution >= 4 is 16.8 Å². The van der Waals surface area contributed by atoms with Gasteiger partial charge in [-0.05, 0) is 37.9 Å². The fourth-order valence-corrected chi connectivity index (χ4v) is 2.43. The molecule has 1 aromatic rings. The predicted molar refractivity (Wildman–Crippen MR) is 85.0 cm³/mol. The number of aliphatic imine (C=N–C) groups is 1. The van der Waals surface area contributed by atoms with Gasteiger partial charge in [0, 0.05) is 20.0 Å². The molecule has 0 aliphatic carbocycles. The van der Waals surface area contributed by atoms with Gasteiger partial charge < -0.3 is 4.90 Å². The summed E-state index contributed by atoms with van der Waals surface area (Å²) in [6.07, 6.45) is 3.31. The van der Waals surface area contributed by atoms with E-state index in [1.165, 1.54) is 18.4 Å². The predicted octanol–water partition coefficient (Wildman–Crippen LogP) is 4.19. The molecule has 0 saturated heterocycles. The summed E-state index contributed by atoms with van der Waals surface area (Å²) in [7, 11) is 3.93. The summed E-state index contributed by atoms with van der Waals surface area (Å²) in [5.41, 5.74) is 1.37. The van der Waals surface area contributed by atoms with Gasteiger partial charge in [0.2, 0.25) is 0 Å². The SMILES string of the molecule is CN=C(Cl)C[C@@H](C)CCCN(C)Cc1ccccc1. The van der Waals surface area contributed by atoms with Gasteiger partial charge in [0.25, 0.3) is 0 Å². The number of rotatable bonds is 8. The lowest BCUT2D eigenvalue weighted by Crippen LogP contribution is -2.19. The van der Waals surface area contributed by atoms with E-state index >= 15 is 0 Å². The van der Waals surface area contributed by atoms with Crippen molar-refractivity contribution in [1.82, 2.24) is 4.90 Å². The second-order valence-electron chi connectivity index (χ2n) is 5.27. The lowest BCUT2D eigenvalue weighted by molar-refractivity contribution is 0.309. The quantitative estimate of drug-likeness (QED) is 0.652. The van der Waals surface area contributed by atoms with Crippen molar-refractivity contribution in [1.29, 1.82) is 0 Å². The molecule has 3 heteroatoms.